The minimum absolute atomic E-state index is 0.125. The number of amides is 1. The molecule has 0 aliphatic carbocycles. The smallest absolute Gasteiger partial charge is 0.272 e. The third kappa shape index (κ3) is 1.57. The lowest BCUT2D eigenvalue weighted by Gasteiger charge is -2.05. The molecule has 0 saturated heterocycles. The van der Waals surface area contributed by atoms with E-state index >= 15 is 0 Å². The molecule has 1 aliphatic heterocycles. The number of nitrogens with zero attached hydrogens (tertiary/aromatic N) is 2. The number of aromatic nitrogens is 2. The molecule has 5 heteroatoms. The summed E-state index contributed by atoms with van der Waals surface area (Å²) in [4.78, 5) is 11.5. The molecule has 0 fully saturated rings. The second-order valence-corrected chi connectivity index (χ2v) is 3.57. The molecule has 76 valence electrons. The molecular formula is C9H13N3O2. The van der Waals surface area contributed by atoms with Gasteiger partial charge in [-0.25, -0.2) is 4.68 Å². The molecule has 0 spiro atoms. The highest BCUT2D eigenvalue weighted by molar-refractivity contribution is 5.92. The van der Waals surface area contributed by atoms with Gasteiger partial charge in [-0.15, -0.1) is 0 Å². The molecule has 1 N–H and O–H groups in total. The van der Waals surface area contributed by atoms with Crippen molar-refractivity contribution in [1.29, 1.82) is 0 Å². The first-order valence-electron chi connectivity index (χ1n) is 4.68. The highest BCUT2D eigenvalue weighted by atomic mass is 16.5. The van der Waals surface area contributed by atoms with Crippen molar-refractivity contribution in [2.24, 2.45) is 0 Å². The Bertz CT molecular complexity index is 335. The van der Waals surface area contributed by atoms with Gasteiger partial charge in [0.05, 0.1) is 6.54 Å². The first-order chi connectivity index (χ1) is 6.66. The van der Waals surface area contributed by atoms with E-state index in [0.717, 1.165) is 6.54 Å². The normalized spacial score (nSPS) is 13.9. The number of hydrogen-bond acceptors (Lipinski definition) is 3. The van der Waals surface area contributed by atoms with Crippen LogP contribution in [0, 0.1) is 0 Å². The molecule has 0 aromatic carbocycles. The Morgan fingerprint density at radius 2 is 2.50 bits per heavy atom. The molecule has 0 saturated carbocycles. The van der Waals surface area contributed by atoms with Crippen LogP contribution in [0.4, 0.5) is 0 Å². The number of rotatable bonds is 2. The second kappa shape index (κ2) is 3.32. The van der Waals surface area contributed by atoms with Crippen LogP contribution in [0.1, 0.15) is 24.3 Å². The number of carbonyl (C=O) groups excluding carboxylic acids is 1. The van der Waals surface area contributed by atoms with Crippen LogP contribution < -0.4 is 10.1 Å². The summed E-state index contributed by atoms with van der Waals surface area (Å²) in [6.45, 7) is 5.20. The van der Waals surface area contributed by atoms with E-state index in [9.17, 15) is 4.79 Å². The number of ether oxygens (including phenoxy) is 1. The predicted octanol–water partition coefficient (Wildman–Crippen LogP) is 0.414. The fourth-order valence-electron chi connectivity index (χ4n) is 1.36. The van der Waals surface area contributed by atoms with E-state index in [2.05, 4.69) is 10.4 Å². The van der Waals surface area contributed by atoms with Crippen LogP contribution in [0.15, 0.2) is 6.07 Å². The monoisotopic (exact) mass is 195 g/mol. The van der Waals surface area contributed by atoms with Gasteiger partial charge < -0.3 is 10.1 Å². The van der Waals surface area contributed by atoms with Crippen LogP contribution >= 0.6 is 0 Å². The molecule has 1 aromatic rings. The Labute approximate surface area is 82.0 Å². The fourth-order valence-corrected chi connectivity index (χ4v) is 1.36. The zero-order chi connectivity index (χ0) is 10.1. The van der Waals surface area contributed by atoms with Gasteiger partial charge in [0.15, 0.2) is 5.69 Å². The van der Waals surface area contributed by atoms with E-state index in [0.29, 0.717) is 18.2 Å². The van der Waals surface area contributed by atoms with E-state index < -0.39 is 0 Å². The maximum atomic E-state index is 11.5. The van der Waals surface area contributed by atoms with Crippen molar-refractivity contribution in [3.8, 4) is 5.88 Å². The lowest BCUT2D eigenvalue weighted by Crippen LogP contribution is -2.30. The molecule has 2 rings (SSSR count). The number of carbonyl (C=O) groups is 1. The third-order valence-corrected chi connectivity index (χ3v) is 1.95. The molecule has 14 heavy (non-hydrogen) atoms. The third-order valence-electron chi connectivity index (χ3n) is 1.95. The van der Waals surface area contributed by atoms with Crippen LogP contribution in [-0.2, 0) is 6.54 Å². The molecule has 0 unspecified atom stereocenters. The van der Waals surface area contributed by atoms with E-state index in [1.807, 2.05) is 13.8 Å². The lowest BCUT2D eigenvalue weighted by atomic mass is 10.3. The Kier molecular flexibility index (Phi) is 2.15. The summed E-state index contributed by atoms with van der Waals surface area (Å²) in [7, 11) is 0. The van der Waals surface area contributed by atoms with E-state index in [-0.39, 0.29) is 11.9 Å². The molecule has 2 heterocycles. The van der Waals surface area contributed by atoms with Crippen LogP contribution in [0.2, 0.25) is 0 Å². The van der Waals surface area contributed by atoms with Gasteiger partial charge in [-0.05, 0) is 13.8 Å². The van der Waals surface area contributed by atoms with Crippen LogP contribution in [0.5, 0.6) is 5.88 Å². The van der Waals surface area contributed by atoms with Crippen LogP contribution in [0.25, 0.3) is 0 Å². The SMILES string of the molecule is CC(C)NC(=O)c1cc2n(n1)CCO2. The maximum absolute atomic E-state index is 11.5. The standard InChI is InChI=1S/C9H13N3O2/c1-6(2)10-9(13)7-5-8-12(11-7)3-4-14-8/h5-6H,3-4H2,1-2H3,(H,10,13). The quantitative estimate of drug-likeness (QED) is 0.743. The first kappa shape index (κ1) is 9.05. The molecule has 0 atom stereocenters. The van der Waals surface area contributed by atoms with Gasteiger partial charge in [-0.2, -0.15) is 5.10 Å². The summed E-state index contributed by atoms with van der Waals surface area (Å²) >= 11 is 0. The average Bonchev–Trinajstić information content (AvgIpc) is 2.58. The summed E-state index contributed by atoms with van der Waals surface area (Å²) < 4.78 is 6.96. The predicted molar refractivity (Wildman–Crippen MR) is 50.3 cm³/mol. The van der Waals surface area contributed by atoms with Gasteiger partial charge in [-0.1, -0.05) is 0 Å². The Morgan fingerprint density at radius 1 is 1.71 bits per heavy atom. The van der Waals surface area contributed by atoms with Crippen molar-refractivity contribution in [2.45, 2.75) is 26.4 Å². The minimum Gasteiger partial charge on any atom is -0.476 e. The summed E-state index contributed by atoms with van der Waals surface area (Å²) in [5.41, 5.74) is 0.424. The number of fused-ring (bicyclic) bond motifs is 1. The molecule has 5 nitrogen and oxygen atoms in total. The Morgan fingerprint density at radius 3 is 3.14 bits per heavy atom. The van der Waals surface area contributed by atoms with Gasteiger partial charge in [-0.3, -0.25) is 4.79 Å². The lowest BCUT2D eigenvalue weighted by molar-refractivity contribution is 0.0937. The van der Waals surface area contributed by atoms with Crippen molar-refractivity contribution in [3.05, 3.63) is 11.8 Å². The summed E-state index contributed by atoms with van der Waals surface area (Å²) in [6.07, 6.45) is 0. The van der Waals surface area contributed by atoms with Crippen molar-refractivity contribution >= 4 is 5.91 Å². The van der Waals surface area contributed by atoms with E-state index in [1.165, 1.54) is 0 Å². The molecule has 1 aliphatic rings. The van der Waals surface area contributed by atoms with Gasteiger partial charge >= 0.3 is 0 Å². The van der Waals surface area contributed by atoms with Gasteiger partial charge in [0.25, 0.3) is 5.91 Å². The Hall–Kier alpha value is -1.52. The van der Waals surface area contributed by atoms with E-state index in [1.54, 1.807) is 10.7 Å². The fraction of sp³-hybridized carbons (Fsp3) is 0.556. The van der Waals surface area contributed by atoms with E-state index in [4.69, 9.17) is 4.74 Å². The second-order valence-electron chi connectivity index (χ2n) is 3.57. The van der Waals surface area contributed by atoms with Gasteiger partial charge in [0.2, 0.25) is 5.88 Å². The van der Waals surface area contributed by atoms with Crippen LogP contribution in [0.3, 0.4) is 0 Å². The summed E-state index contributed by atoms with van der Waals surface area (Å²) in [6, 6.07) is 1.80. The largest absolute Gasteiger partial charge is 0.476 e. The maximum Gasteiger partial charge on any atom is 0.272 e. The number of nitrogens with one attached hydrogen (secondary N) is 1. The van der Waals surface area contributed by atoms with Crippen molar-refractivity contribution in [2.75, 3.05) is 6.61 Å². The Balaban J connectivity index is 2.13. The zero-order valence-corrected chi connectivity index (χ0v) is 8.28. The van der Waals surface area contributed by atoms with Gasteiger partial charge in [0.1, 0.15) is 6.61 Å². The molecule has 0 bridgehead atoms. The van der Waals surface area contributed by atoms with Crippen LogP contribution in [-0.4, -0.2) is 28.3 Å². The van der Waals surface area contributed by atoms with Crippen molar-refractivity contribution in [1.82, 2.24) is 15.1 Å². The van der Waals surface area contributed by atoms with Gasteiger partial charge in [0, 0.05) is 12.1 Å². The highest BCUT2D eigenvalue weighted by Crippen LogP contribution is 2.18. The first-order valence-corrected chi connectivity index (χ1v) is 4.68. The molecule has 1 amide bonds. The molecule has 1 aromatic heterocycles. The minimum atomic E-state index is -0.148. The van der Waals surface area contributed by atoms with Crippen molar-refractivity contribution in [3.63, 3.8) is 0 Å². The average molecular weight is 195 g/mol. The summed E-state index contributed by atoms with van der Waals surface area (Å²) in [5, 5.41) is 6.90. The molecule has 0 radical (unpaired) electrons. The number of hydrogen-bond donors (Lipinski definition) is 1. The topological polar surface area (TPSA) is 56.2 Å². The highest BCUT2D eigenvalue weighted by Gasteiger charge is 2.18. The summed E-state index contributed by atoms with van der Waals surface area (Å²) in [5.74, 6) is 0.532. The molecular weight excluding hydrogens is 182 g/mol. The zero-order valence-electron chi connectivity index (χ0n) is 8.28. The van der Waals surface area contributed by atoms with Crippen molar-refractivity contribution < 1.29 is 9.53 Å².